The van der Waals surface area contributed by atoms with Gasteiger partial charge in [0.1, 0.15) is 9.90 Å². The Bertz CT molecular complexity index is 549. The minimum Gasteiger partial charge on any atom is -0.382 e. The van der Waals surface area contributed by atoms with Crippen molar-refractivity contribution in [2.45, 2.75) is 56.8 Å². The van der Waals surface area contributed by atoms with Crippen molar-refractivity contribution in [1.82, 2.24) is 4.37 Å². The largest absolute Gasteiger partial charge is 0.382 e. The molecule has 0 saturated heterocycles. The highest BCUT2D eigenvalue weighted by Gasteiger charge is 2.24. The number of hydrogen-bond donors (Lipinski definition) is 2. The molecule has 5 nitrogen and oxygen atoms in total. The van der Waals surface area contributed by atoms with E-state index in [0.29, 0.717) is 11.4 Å². The first kappa shape index (κ1) is 16.5. The molecule has 1 saturated carbocycles. The molecule has 2 rings (SSSR count). The van der Waals surface area contributed by atoms with Gasteiger partial charge in [0.2, 0.25) is 0 Å². The molecule has 1 fully saturated rings. The third-order valence-electron chi connectivity index (χ3n) is 4.01. The molecule has 0 atom stereocenters. The molecule has 1 aromatic rings. The van der Waals surface area contributed by atoms with Gasteiger partial charge in [-0.05, 0) is 36.7 Å². The lowest BCUT2D eigenvalue weighted by molar-refractivity contribution is 0.491. The molecule has 1 aliphatic rings. The predicted octanol–water partition coefficient (Wildman–Crippen LogP) is 3.29. The summed E-state index contributed by atoms with van der Waals surface area (Å²) < 4.78 is 28.4. The summed E-state index contributed by atoms with van der Waals surface area (Å²) in [6.07, 6.45) is 8.30. The zero-order valence-corrected chi connectivity index (χ0v) is 14.2. The van der Waals surface area contributed by atoms with Gasteiger partial charge in [0.05, 0.1) is 5.75 Å². The molecule has 0 spiro atoms. The van der Waals surface area contributed by atoms with Gasteiger partial charge in [-0.2, -0.15) is 4.37 Å². The molecule has 0 bridgehead atoms. The Kier molecular flexibility index (Phi) is 5.87. The maximum atomic E-state index is 12.2. The second-order valence-electron chi connectivity index (χ2n) is 5.76. The molecule has 0 radical (unpaired) electrons. The van der Waals surface area contributed by atoms with Gasteiger partial charge in [-0.3, -0.25) is 0 Å². The van der Waals surface area contributed by atoms with Gasteiger partial charge in [-0.15, -0.1) is 0 Å². The summed E-state index contributed by atoms with van der Waals surface area (Å²) in [7, 11) is -3.32. The number of sulfone groups is 1. The van der Waals surface area contributed by atoms with Crippen molar-refractivity contribution >= 4 is 32.2 Å². The molecule has 1 aliphatic carbocycles. The number of nitrogen functional groups attached to an aromatic ring is 1. The van der Waals surface area contributed by atoms with E-state index in [4.69, 9.17) is 5.73 Å². The van der Waals surface area contributed by atoms with Crippen molar-refractivity contribution in [3.8, 4) is 0 Å². The van der Waals surface area contributed by atoms with E-state index in [1.165, 1.54) is 32.1 Å². The number of aromatic nitrogens is 1. The quantitative estimate of drug-likeness (QED) is 0.714. The first-order valence-electron chi connectivity index (χ1n) is 7.76. The van der Waals surface area contributed by atoms with Crippen LogP contribution >= 0.6 is 11.5 Å². The normalized spacial score (nSPS) is 16.4. The fourth-order valence-electron chi connectivity index (χ4n) is 2.97. The molecule has 1 aromatic heterocycles. The molecule has 0 aliphatic heterocycles. The van der Waals surface area contributed by atoms with Crippen LogP contribution in [0, 0.1) is 5.92 Å². The molecule has 0 aromatic carbocycles. The summed E-state index contributed by atoms with van der Waals surface area (Å²) in [6, 6.07) is 0. The fraction of sp³-hybridized carbons (Fsp3) is 0.786. The number of anilines is 2. The van der Waals surface area contributed by atoms with E-state index in [2.05, 4.69) is 9.69 Å². The fourth-order valence-corrected chi connectivity index (χ4v) is 5.62. The number of hydrogen-bond acceptors (Lipinski definition) is 6. The Morgan fingerprint density at radius 1 is 1.38 bits per heavy atom. The lowest BCUT2D eigenvalue weighted by Gasteiger charge is -2.10. The van der Waals surface area contributed by atoms with Gasteiger partial charge in [0.25, 0.3) is 0 Å². The van der Waals surface area contributed by atoms with E-state index >= 15 is 0 Å². The van der Waals surface area contributed by atoms with Crippen molar-refractivity contribution in [2.75, 3.05) is 23.3 Å². The average Bonchev–Trinajstić information content (AvgIpc) is 3.04. The van der Waals surface area contributed by atoms with Crippen LogP contribution in [-0.2, 0) is 9.84 Å². The molecular formula is C14H25N3O2S2. The van der Waals surface area contributed by atoms with Crippen LogP contribution in [-0.4, -0.2) is 25.1 Å². The Morgan fingerprint density at radius 3 is 2.76 bits per heavy atom. The van der Waals surface area contributed by atoms with Crippen LogP contribution in [0.15, 0.2) is 4.90 Å². The second-order valence-corrected chi connectivity index (χ2v) is 8.58. The summed E-state index contributed by atoms with van der Waals surface area (Å²) in [5.41, 5.74) is 5.74. The third-order valence-corrected chi connectivity index (χ3v) is 6.94. The molecule has 21 heavy (non-hydrogen) atoms. The van der Waals surface area contributed by atoms with Crippen molar-refractivity contribution in [3.63, 3.8) is 0 Å². The minimum absolute atomic E-state index is 0.117. The molecule has 1 heterocycles. The molecule has 7 heteroatoms. The zero-order chi connectivity index (χ0) is 15.3. The SMILES string of the molecule is CCCS(=O)(=O)c1c(N)nsc1NCCCC1CCCC1. The van der Waals surface area contributed by atoms with E-state index in [-0.39, 0.29) is 16.5 Å². The highest BCUT2D eigenvalue weighted by Crippen LogP contribution is 2.33. The van der Waals surface area contributed by atoms with Crippen molar-refractivity contribution < 1.29 is 8.42 Å². The van der Waals surface area contributed by atoms with Crippen LogP contribution in [0.2, 0.25) is 0 Å². The standard InChI is InChI=1S/C14H25N3O2S2/c1-2-10-21(18,19)12-13(15)17-20-14(12)16-9-5-8-11-6-3-4-7-11/h11,16H,2-10H2,1H3,(H2,15,17). The predicted molar refractivity (Wildman–Crippen MR) is 88.6 cm³/mol. The summed E-state index contributed by atoms with van der Waals surface area (Å²) in [5, 5.41) is 3.82. The van der Waals surface area contributed by atoms with E-state index in [1.807, 2.05) is 6.92 Å². The van der Waals surface area contributed by atoms with Crippen LogP contribution < -0.4 is 11.1 Å². The molecule has 0 unspecified atom stereocenters. The molecule has 120 valence electrons. The minimum atomic E-state index is -3.32. The smallest absolute Gasteiger partial charge is 0.185 e. The van der Waals surface area contributed by atoms with Crippen molar-refractivity contribution in [2.24, 2.45) is 5.92 Å². The van der Waals surface area contributed by atoms with Crippen molar-refractivity contribution in [1.29, 1.82) is 0 Å². The molecule has 0 amide bonds. The summed E-state index contributed by atoms with van der Waals surface area (Å²) in [4.78, 5) is 0.204. The highest BCUT2D eigenvalue weighted by atomic mass is 32.2. The Balaban J connectivity index is 1.91. The zero-order valence-electron chi connectivity index (χ0n) is 12.6. The van der Waals surface area contributed by atoms with Gasteiger partial charge < -0.3 is 11.1 Å². The van der Waals surface area contributed by atoms with Crippen molar-refractivity contribution in [3.05, 3.63) is 0 Å². The second kappa shape index (κ2) is 7.45. The maximum absolute atomic E-state index is 12.2. The Morgan fingerprint density at radius 2 is 2.10 bits per heavy atom. The number of nitrogens with one attached hydrogen (secondary N) is 1. The Labute approximate surface area is 131 Å². The lowest BCUT2D eigenvalue weighted by atomic mass is 10.0. The highest BCUT2D eigenvalue weighted by molar-refractivity contribution is 7.91. The van der Waals surface area contributed by atoms with Gasteiger partial charge in [0, 0.05) is 6.54 Å². The maximum Gasteiger partial charge on any atom is 0.185 e. The molecular weight excluding hydrogens is 306 g/mol. The number of nitrogens with two attached hydrogens (primary N) is 1. The first-order chi connectivity index (χ1) is 10.0. The topological polar surface area (TPSA) is 85.1 Å². The van der Waals surface area contributed by atoms with Crippen LogP contribution in [0.1, 0.15) is 51.9 Å². The van der Waals surface area contributed by atoms with Crippen LogP contribution in [0.25, 0.3) is 0 Å². The average molecular weight is 332 g/mol. The summed E-state index contributed by atoms with van der Waals surface area (Å²) in [6.45, 7) is 2.63. The lowest BCUT2D eigenvalue weighted by Crippen LogP contribution is -2.11. The van der Waals surface area contributed by atoms with E-state index < -0.39 is 9.84 Å². The monoisotopic (exact) mass is 331 g/mol. The summed E-state index contributed by atoms with van der Waals surface area (Å²) >= 11 is 1.15. The van der Waals surface area contributed by atoms with Crippen LogP contribution in [0.5, 0.6) is 0 Å². The van der Waals surface area contributed by atoms with E-state index in [9.17, 15) is 8.42 Å². The van der Waals surface area contributed by atoms with Gasteiger partial charge in [0.15, 0.2) is 15.7 Å². The Hall–Kier alpha value is -0.820. The first-order valence-corrected chi connectivity index (χ1v) is 10.2. The number of nitrogens with zero attached hydrogens (tertiary/aromatic N) is 1. The van der Waals surface area contributed by atoms with E-state index in [1.54, 1.807) is 0 Å². The number of rotatable bonds is 8. The summed E-state index contributed by atoms with van der Waals surface area (Å²) in [5.74, 6) is 1.11. The van der Waals surface area contributed by atoms with Crippen LogP contribution in [0.3, 0.4) is 0 Å². The van der Waals surface area contributed by atoms with Gasteiger partial charge >= 0.3 is 0 Å². The third kappa shape index (κ3) is 4.32. The molecule has 3 N–H and O–H groups in total. The van der Waals surface area contributed by atoms with Gasteiger partial charge in [-0.1, -0.05) is 32.6 Å². The van der Waals surface area contributed by atoms with E-state index in [0.717, 1.165) is 30.4 Å². The van der Waals surface area contributed by atoms with Gasteiger partial charge in [-0.25, -0.2) is 8.42 Å². The van der Waals surface area contributed by atoms with Crippen LogP contribution in [0.4, 0.5) is 10.8 Å².